The van der Waals surface area contributed by atoms with Crippen LogP contribution in [-0.4, -0.2) is 46.8 Å². The summed E-state index contributed by atoms with van der Waals surface area (Å²) in [6, 6.07) is 6.66. The van der Waals surface area contributed by atoms with Gasteiger partial charge >= 0.3 is 0 Å². The van der Waals surface area contributed by atoms with Crippen molar-refractivity contribution in [3.8, 4) is 0 Å². The summed E-state index contributed by atoms with van der Waals surface area (Å²) < 4.78 is 7.16. The number of amides is 3. The van der Waals surface area contributed by atoms with E-state index in [0.29, 0.717) is 44.0 Å². The van der Waals surface area contributed by atoms with Gasteiger partial charge in [0.05, 0.1) is 5.41 Å². The van der Waals surface area contributed by atoms with Gasteiger partial charge in [-0.15, -0.1) is 0 Å². The standard InChI is InChI=1S/C27H35N5O4/c1-2-14-32-22(10-13-28-32)24(33)31-23(18-6-4-3-5-7-18)25(34)29-19-8-9-20-21(17-19)30-26(35)27(20)11-15-36-16-12-27/h8-10,13,17-18,23H,2-7,11-12,14-16H2,1H3,(H,29,34)(H,30,35)(H,31,33)/t23-/m0/s1. The Morgan fingerprint density at radius 2 is 1.97 bits per heavy atom. The third-order valence-corrected chi connectivity index (χ3v) is 7.91. The molecule has 0 unspecified atom stereocenters. The second-order valence-corrected chi connectivity index (χ2v) is 10.2. The van der Waals surface area contributed by atoms with E-state index in [1.54, 1.807) is 16.9 Å². The van der Waals surface area contributed by atoms with Crippen LogP contribution in [0.25, 0.3) is 0 Å². The number of aromatic nitrogens is 2. The van der Waals surface area contributed by atoms with E-state index in [4.69, 9.17) is 4.74 Å². The van der Waals surface area contributed by atoms with E-state index in [0.717, 1.165) is 49.8 Å². The summed E-state index contributed by atoms with van der Waals surface area (Å²) in [7, 11) is 0. The second kappa shape index (κ2) is 10.4. The van der Waals surface area contributed by atoms with Gasteiger partial charge in [0, 0.05) is 37.3 Å². The Bertz CT molecular complexity index is 1130. The number of hydrogen-bond donors (Lipinski definition) is 3. The minimum atomic E-state index is -0.646. The van der Waals surface area contributed by atoms with E-state index >= 15 is 0 Å². The van der Waals surface area contributed by atoms with Gasteiger partial charge in [-0.25, -0.2) is 0 Å². The van der Waals surface area contributed by atoms with Gasteiger partial charge in [0.25, 0.3) is 5.91 Å². The largest absolute Gasteiger partial charge is 0.381 e. The molecule has 9 nitrogen and oxygen atoms in total. The summed E-state index contributed by atoms with van der Waals surface area (Å²) in [5.41, 5.74) is 2.23. The Hall–Kier alpha value is -3.20. The number of carbonyl (C=O) groups excluding carboxylic acids is 3. The first-order valence-electron chi connectivity index (χ1n) is 13.2. The molecule has 3 aliphatic rings. The van der Waals surface area contributed by atoms with Gasteiger partial charge in [-0.1, -0.05) is 32.3 Å². The molecule has 5 rings (SSSR count). The van der Waals surface area contributed by atoms with Crippen molar-refractivity contribution in [2.24, 2.45) is 5.92 Å². The first-order valence-corrected chi connectivity index (χ1v) is 13.2. The molecule has 192 valence electrons. The number of nitrogens with zero attached hydrogens (tertiary/aromatic N) is 2. The van der Waals surface area contributed by atoms with Crippen LogP contribution in [-0.2, 0) is 26.3 Å². The number of benzene rings is 1. The fraction of sp³-hybridized carbons (Fsp3) is 0.556. The van der Waals surface area contributed by atoms with Gasteiger partial charge in [0.2, 0.25) is 11.8 Å². The highest BCUT2D eigenvalue weighted by Gasteiger charge is 2.47. The Morgan fingerprint density at radius 1 is 1.19 bits per heavy atom. The topological polar surface area (TPSA) is 114 Å². The van der Waals surface area contributed by atoms with Crippen LogP contribution < -0.4 is 16.0 Å². The monoisotopic (exact) mass is 493 g/mol. The highest BCUT2D eigenvalue weighted by atomic mass is 16.5. The molecule has 9 heteroatoms. The van der Waals surface area contributed by atoms with Gasteiger partial charge in [-0.05, 0) is 61.8 Å². The molecule has 1 aliphatic carbocycles. The number of rotatable bonds is 7. The van der Waals surface area contributed by atoms with Crippen LogP contribution in [0.15, 0.2) is 30.5 Å². The molecule has 0 bridgehead atoms. The van der Waals surface area contributed by atoms with Crippen molar-refractivity contribution in [1.82, 2.24) is 15.1 Å². The fourth-order valence-corrected chi connectivity index (χ4v) is 5.94. The maximum atomic E-state index is 13.5. The molecule has 3 N–H and O–H groups in total. The van der Waals surface area contributed by atoms with Gasteiger partial charge < -0.3 is 20.7 Å². The summed E-state index contributed by atoms with van der Waals surface area (Å²) in [4.78, 5) is 39.6. The third-order valence-electron chi connectivity index (χ3n) is 7.91. The average molecular weight is 494 g/mol. The molecular formula is C27H35N5O4. The number of carbonyl (C=O) groups is 3. The predicted molar refractivity (Wildman–Crippen MR) is 136 cm³/mol. The number of anilines is 2. The van der Waals surface area contributed by atoms with E-state index in [-0.39, 0.29) is 23.6 Å². The molecule has 2 aliphatic heterocycles. The molecule has 1 saturated carbocycles. The van der Waals surface area contributed by atoms with E-state index in [1.165, 1.54) is 0 Å². The van der Waals surface area contributed by atoms with Crippen LogP contribution in [0.3, 0.4) is 0 Å². The maximum Gasteiger partial charge on any atom is 0.270 e. The van der Waals surface area contributed by atoms with Crippen LogP contribution in [0, 0.1) is 5.92 Å². The van der Waals surface area contributed by atoms with Gasteiger partial charge in [-0.2, -0.15) is 5.10 Å². The lowest BCUT2D eigenvalue weighted by Crippen LogP contribution is -2.49. The lowest BCUT2D eigenvalue weighted by molar-refractivity contribution is -0.124. The summed E-state index contributed by atoms with van der Waals surface area (Å²) in [5.74, 6) is -0.443. The Balaban J connectivity index is 1.34. The van der Waals surface area contributed by atoms with Gasteiger partial charge in [0.1, 0.15) is 11.7 Å². The molecule has 1 saturated heterocycles. The third kappa shape index (κ3) is 4.64. The van der Waals surface area contributed by atoms with Crippen molar-refractivity contribution in [3.63, 3.8) is 0 Å². The lowest BCUT2D eigenvalue weighted by Gasteiger charge is -2.31. The minimum Gasteiger partial charge on any atom is -0.381 e. The van der Waals surface area contributed by atoms with E-state index in [9.17, 15) is 14.4 Å². The van der Waals surface area contributed by atoms with Crippen LogP contribution in [0.2, 0.25) is 0 Å². The summed E-state index contributed by atoms with van der Waals surface area (Å²) in [6.07, 6.45) is 8.84. The molecule has 2 aromatic rings. The maximum absolute atomic E-state index is 13.5. The highest BCUT2D eigenvalue weighted by molar-refractivity contribution is 6.07. The van der Waals surface area contributed by atoms with Crippen LogP contribution >= 0.6 is 0 Å². The molecule has 3 heterocycles. The van der Waals surface area contributed by atoms with Crippen molar-refractivity contribution in [1.29, 1.82) is 0 Å². The summed E-state index contributed by atoms with van der Waals surface area (Å²) >= 11 is 0. The molecule has 1 atom stereocenters. The number of nitrogens with one attached hydrogen (secondary N) is 3. The number of fused-ring (bicyclic) bond motifs is 2. The van der Waals surface area contributed by atoms with Crippen LogP contribution in [0.4, 0.5) is 11.4 Å². The van der Waals surface area contributed by atoms with Crippen LogP contribution in [0.1, 0.15) is 74.3 Å². The van der Waals surface area contributed by atoms with Gasteiger partial charge in [0.15, 0.2) is 0 Å². The SMILES string of the molecule is CCCn1nccc1C(=O)N[C@H](C(=O)Nc1ccc2c(c1)NC(=O)C21CCOCC1)C1CCCCC1. The zero-order valence-electron chi connectivity index (χ0n) is 20.8. The van der Waals surface area contributed by atoms with Crippen molar-refractivity contribution < 1.29 is 19.1 Å². The summed E-state index contributed by atoms with van der Waals surface area (Å²) in [5, 5.41) is 13.3. The minimum absolute atomic E-state index is 0.000290. The van der Waals surface area contributed by atoms with Crippen molar-refractivity contribution in [2.45, 2.75) is 76.3 Å². The lowest BCUT2D eigenvalue weighted by atomic mass is 9.75. The van der Waals surface area contributed by atoms with E-state index in [2.05, 4.69) is 21.0 Å². The Kier molecular flexibility index (Phi) is 7.09. The van der Waals surface area contributed by atoms with Crippen LogP contribution in [0.5, 0.6) is 0 Å². The molecule has 1 spiro atoms. The molecule has 1 aromatic heterocycles. The first-order chi connectivity index (χ1) is 17.5. The number of aryl methyl sites for hydroxylation is 1. The second-order valence-electron chi connectivity index (χ2n) is 10.2. The normalized spacial score (nSPS) is 20.0. The molecule has 1 aromatic carbocycles. The number of hydrogen-bond acceptors (Lipinski definition) is 5. The van der Waals surface area contributed by atoms with Crippen molar-refractivity contribution in [3.05, 3.63) is 41.7 Å². The van der Waals surface area contributed by atoms with E-state index in [1.807, 2.05) is 25.1 Å². The molecular weight excluding hydrogens is 458 g/mol. The Labute approximate surface area is 211 Å². The fourth-order valence-electron chi connectivity index (χ4n) is 5.94. The molecule has 3 amide bonds. The average Bonchev–Trinajstić information content (AvgIpc) is 3.46. The molecule has 0 radical (unpaired) electrons. The van der Waals surface area contributed by atoms with Crippen molar-refractivity contribution in [2.75, 3.05) is 23.8 Å². The van der Waals surface area contributed by atoms with E-state index < -0.39 is 11.5 Å². The summed E-state index contributed by atoms with van der Waals surface area (Å²) in [6.45, 7) is 3.80. The van der Waals surface area contributed by atoms with Gasteiger partial charge in [-0.3, -0.25) is 19.1 Å². The highest BCUT2D eigenvalue weighted by Crippen LogP contribution is 2.45. The van der Waals surface area contributed by atoms with Crippen molar-refractivity contribution >= 4 is 29.1 Å². The predicted octanol–water partition coefficient (Wildman–Crippen LogP) is 3.61. The quantitative estimate of drug-likeness (QED) is 0.545. The Morgan fingerprint density at radius 3 is 2.72 bits per heavy atom. The first kappa shape index (κ1) is 24.5. The number of ether oxygens (including phenoxy) is 1. The zero-order valence-corrected chi connectivity index (χ0v) is 20.8. The smallest absolute Gasteiger partial charge is 0.270 e. The zero-order chi connectivity index (χ0) is 25.1. The molecule has 2 fully saturated rings. The molecule has 36 heavy (non-hydrogen) atoms.